The summed E-state index contributed by atoms with van der Waals surface area (Å²) in [6.45, 7) is 7.29. The molecule has 0 aromatic heterocycles. The maximum atomic E-state index is 12.1. The first-order valence-corrected chi connectivity index (χ1v) is 6.48. The topological polar surface area (TPSA) is 58.6 Å². The Balaban J connectivity index is 1.93. The van der Waals surface area contributed by atoms with E-state index in [1.54, 1.807) is 0 Å². The van der Waals surface area contributed by atoms with Crippen LogP contribution in [0.25, 0.3) is 0 Å². The Hall–Kier alpha value is -0.610. The number of hydrogen-bond acceptors (Lipinski definition) is 4. The third kappa shape index (κ3) is 2.99. The predicted octanol–water partition coefficient (Wildman–Crippen LogP) is 0.935. The highest BCUT2D eigenvalue weighted by Crippen LogP contribution is 2.39. The van der Waals surface area contributed by atoms with Crippen LogP contribution in [-0.4, -0.2) is 35.9 Å². The molecule has 2 fully saturated rings. The van der Waals surface area contributed by atoms with Gasteiger partial charge in [0.2, 0.25) is 0 Å². The summed E-state index contributed by atoms with van der Waals surface area (Å²) >= 11 is 0. The standard InChI is InChI=1S/C13H23NO3/c1-13(2,3)17-12(16)11-7-14-6-10(11)8-4-9(15)5-8/h8-11,14-15H,4-7H2,1-3H3/t8?,9?,10-,11+/m0/s1. The zero-order chi connectivity index (χ0) is 12.6. The summed E-state index contributed by atoms with van der Waals surface area (Å²) in [6, 6.07) is 0. The molecule has 2 atom stereocenters. The second kappa shape index (κ2) is 4.58. The number of aliphatic hydroxyl groups excluding tert-OH is 1. The number of aliphatic hydroxyl groups is 1. The summed E-state index contributed by atoms with van der Waals surface area (Å²) in [7, 11) is 0. The van der Waals surface area contributed by atoms with Crippen LogP contribution in [0.2, 0.25) is 0 Å². The van der Waals surface area contributed by atoms with Crippen LogP contribution in [-0.2, 0) is 9.53 Å². The molecule has 4 heteroatoms. The minimum absolute atomic E-state index is 0.0354. The second-order valence-corrected chi connectivity index (χ2v) is 6.35. The molecule has 2 N–H and O–H groups in total. The molecule has 2 aliphatic rings. The number of ether oxygens (including phenoxy) is 1. The molecular formula is C13H23NO3. The summed E-state index contributed by atoms with van der Waals surface area (Å²) in [6.07, 6.45) is 1.52. The van der Waals surface area contributed by atoms with Crippen LogP contribution in [0.3, 0.4) is 0 Å². The summed E-state index contributed by atoms with van der Waals surface area (Å²) in [4.78, 5) is 12.1. The SMILES string of the molecule is CC(C)(C)OC(=O)[C@@H]1CNC[C@H]1C1CC(O)C1. The fraction of sp³-hybridized carbons (Fsp3) is 0.923. The average Bonchev–Trinajstić information content (AvgIpc) is 2.57. The summed E-state index contributed by atoms with van der Waals surface area (Å²) in [5, 5.41) is 12.6. The van der Waals surface area contributed by atoms with Gasteiger partial charge in [0.1, 0.15) is 5.60 Å². The van der Waals surface area contributed by atoms with Crippen molar-refractivity contribution in [3.05, 3.63) is 0 Å². The third-order valence-electron chi connectivity index (χ3n) is 3.73. The average molecular weight is 241 g/mol. The van der Waals surface area contributed by atoms with Gasteiger partial charge >= 0.3 is 5.97 Å². The molecule has 2 rings (SSSR count). The van der Waals surface area contributed by atoms with Crippen molar-refractivity contribution in [2.24, 2.45) is 17.8 Å². The molecule has 4 nitrogen and oxygen atoms in total. The highest BCUT2D eigenvalue weighted by atomic mass is 16.6. The van der Waals surface area contributed by atoms with Crippen molar-refractivity contribution >= 4 is 5.97 Å². The molecule has 1 heterocycles. The Morgan fingerprint density at radius 1 is 1.29 bits per heavy atom. The van der Waals surface area contributed by atoms with Gasteiger partial charge in [-0.25, -0.2) is 0 Å². The van der Waals surface area contributed by atoms with Gasteiger partial charge in [-0.2, -0.15) is 0 Å². The van der Waals surface area contributed by atoms with Gasteiger partial charge in [-0.1, -0.05) is 0 Å². The molecule has 0 amide bonds. The van der Waals surface area contributed by atoms with Gasteiger partial charge in [-0.15, -0.1) is 0 Å². The van der Waals surface area contributed by atoms with Crippen LogP contribution in [0.5, 0.6) is 0 Å². The zero-order valence-corrected chi connectivity index (χ0v) is 10.9. The van der Waals surface area contributed by atoms with Crippen molar-refractivity contribution in [3.8, 4) is 0 Å². The molecule has 0 aromatic carbocycles. The predicted molar refractivity (Wildman–Crippen MR) is 64.4 cm³/mol. The Morgan fingerprint density at radius 3 is 2.47 bits per heavy atom. The Morgan fingerprint density at radius 2 is 1.94 bits per heavy atom. The summed E-state index contributed by atoms with van der Waals surface area (Å²) < 4.78 is 5.46. The second-order valence-electron chi connectivity index (χ2n) is 6.35. The van der Waals surface area contributed by atoms with Crippen LogP contribution >= 0.6 is 0 Å². The molecule has 1 saturated heterocycles. The first kappa shape index (κ1) is 12.8. The molecule has 1 aliphatic carbocycles. The number of nitrogens with one attached hydrogen (secondary N) is 1. The number of rotatable bonds is 2. The monoisotopic (exact) mass is 241 g/mol. The normalized spacial score (nSPS) is 37.6. The molecule has 0 unspecified atom stereocenters. The number of hydrogen-bond donors (Lipinski definition) is 2. The van der Waals surface area contributed by atoms with Gasteiger partial charge < -0.3 is 15.2 Å². The number of carbonyl (C=O) groups is 1. The highest BCUT2D eigenvalue weighted by Gasteiger charge is 2.44. The Labute approximate surface area is 103 Å². The smallest absolute Gasteiger partial charge is 0.311 e. The van der Waals surface area contributed by atoms with Crippen LogP contribution in [0.4, 0.5) is 0 Å². The van der Waals surface area contributed by atoms with Crippen molar-refractivity contribution in [2.75, 3.05) is 13.1 Å². The van der Waals surface area contributed by atoms with Gasteiger partial charge in [0.15, 0.2) is 0 Å². The molecule has 0 aromatic rings. The van der Waals surface area contributed by atoms with E-state index in [0.717, 1.165) is 19.4 Å². The fourth-order valence-electron chi connectivity index (χ4n) is 2.81. The Kier molecular flexibility index (Phi) is 3.46. The molecule has 98 valence electrons. The van der Waals surface area contributed by atoms with E-state index in [1.165, 1.54) is 0 Å². The highest BCUT2D eigenvalue weighted by molar-refractivity contribution is 5.74. The van der Waals surface area contributed by atoms with Crippen molar-refractivity contribution < 1.29 is 14.6 Å². The van der Waals surface area contributed by atoms with Gasteiger partial charge in [-0.05, 0) is 52.0 Å². The summed E-state index contributed by atoms with van der Waals surface area (Å²) in [5.74, 6) is 0.700. The maximum Gasteiger partial charge on any atom is 0.311 e. The van der Waals surface area contributed by atoms with Crippen LogP contribution < -0.4 is 5.32 Å². The van der Waals surface area contributed by atoms with E-state index >= 15 is 0 Å². The molecular weight excluding hydrogens is 218 g/mol. The molecule has 0 bridgehead atoms. The van der Waals surface area contributed by atoms with Crippen molar-refractivity contribution in [1.29, 1.82) is 0 Å². The van der Waals surface area contributed by atoms with E-state index in [-0.39, 0.29) is 18.0 Å². The van der Waals surface area contributed by atoms with Crippen LogP contribution in [0.15, 0.2) is 0 Å². The molecule has 0 spiro atoms. The number of esters is 1. The summed E-state index contributed by atoms with van der Waals surface area (Å²) in [5.41, 5.74) is -0.413. The van der Waals surface area contributed by atoms with E-state index in [1.807, 2.05) is 20.8 Å². The van der Waals surface area contributed by atoms with E-state index < -0.39 is 5.60 Å². The largest absolute Gasteiger partial charge is 0.460 e. The first-order chi connectivity index (χ1) is 7.87. The molecule has 1 aliphatic heterocycles. The molecule has 1 saturated carbocycles. The van der Waals surface area contributed by atoms with Crippen molar-refractivity contribution in [1.82, 2.24) is 5.32 Å². The Bertz CT molecular complexity index is 292. The van der Waals surface area contributed by atoms with E-state index in [2.05, 4.69) is 5.32 Å². The molecule has 0 radical (unpaired) electrons. The fourth-order valence-corrected chi connectivity index (χ4v) is 2.81. The first-order valence-electron chi connectivity index (χ1n) is 6.48. The van der Waals surface area contributed by atoms with Crippen LogP contribution in [0.1, 0.15) is 33.6 Å². The maximum absolute atomic E-state index is 12.1. The van der Waals surface area contributed by atoms with E-state index in [0.29, 0.717) is 18.4 Å². The zero-order valence-electron chi connectivity index (χ0n) is 10.9. The minimum atomic E-state index is -0.413. The van der Waals surface area contributed by atoms with Crippen molar-refractivity contribution in [3.63, 3.8) is 0 Å². The minimum Gasteiger partial charge on any atom is -0.460 e. The lowest BCUT2D eigenvalue weighted by atomic mass is 9.70. The van der Waals surface area contributed by atoms with Gasteiger partial charge in [0.05, 0.1) is 12.0 Å². The lowest BCUT2D eigenvalue weighted by Crippen LogP contribution is -2.40. The van der Waals surface area contributed by atoms with E-state index in [9.17, 15) is 9.90 Å². The van der Waals surface area contributed by atoms with Gasteiger partial charge in [-0.3, -0.25) is 4.79 Å². The van der Waals surface area contributed by atoms with Crippen molar-refractivity contribution in [2.45, 2.75) is 45.3 Å². The van der Waals surface area contributed by atoms with Gasteiger partial charge in [0.25, 0.3) is 0 Å². The molecule has 17 heavy (non-hydrogen) atoms. The quantitative estimate of drug-likeness (QED) is 0.706. The third-order valence-corrected chi connectivity index (χ3v) is 3.73. The number of carbonyl (C=O) groups excluding carboxylic acids is 1. The van der Waals surface area contributed by atoms with Crippen LogP contribution in [0, 0.1) is 17.8 Å². The lowest BCUT2D eigenvalue weighted by Gasteiger charge is -2.38. The van der Waals surface area contributed by atoms with E-state index in [4.69, 9.17) is 4.74 Å². The van der Waals surface area contributed by atoms with Gasteiger partial charge in [0, 0.05) is 6.54 Å². The lowest BCUT2D eigenvalue weighted by molar-refractivity contribution is -0.162.